The van der Waals surface area contributed by atoms with Crippen LogP contribution in [0.2, 0.25) is 0 Å². The van der Waals surface area contributed by atoms with Crippen molar-refractivity contribution in [3.05, 3.63) is 78.2 Å². The molecule has 5 nitrogen and oxygen atoms in total. The first-order chi connectivity index (χ1) is 11.8. The number of oxazole rings is 1. The van der Waals surface area contributed by atoms with Gasteiger partial charge in [0.25, 0.3) is 0 Å². The predicted octanol–water partition coefficient (Wildman–Crippen LogP) is 3.61. The molecule has 0 saturated heterocycles. The minimum absolute atomic E-state index is 0. The molecule has 3 aromatic rings. The van der Waals surface area contributed by atoms with Gasteiger partial charge in [-0.3, -0.25) is 0 Å². The van der Waals surface area contributed by atoms with Gasteiger partial charge >= 0.3 is 0 Å². The summed E-state index contributed by atoms with van der Waals surface area (Å²) in [5.41, 5.74) is 8.85. The first kappa shape index (κ1) is 19.0. The summed E-state index contributed by atoms with van der Waals surface area (Å²) in [6, 6.07) is 20.0. The fourth-order valence-corrected chi connectivity index (χ4v) is 2.29. The van der Waals surface area contributed by atoms with Crippen LogP contribution in [0.1, 0.15) is 11.3 Å². The molecule has 130 valence electrons. The fourth-order valence-electron chi connectivity index (χ4n) is 2.29. The standard InChI is InChI=1S/C19H20N4O.HI/c20-19(21-12-11-15-7-3-1-4-8-15)22-13-17-14-24-18(23-17)16-9-5-2-6-10-16;/h1-10,14H,11-13H2,(H3,20,21,22);1H. The van der Waals surface area contributed by atoms with E-state index in [9.17, 15) is 0 Å². The average Bonchev–Trinajstić information content (AvgIpc) is 3.11. The second-order valence-corrected chi connectivity index (χ2v) is 5.37. The Labute approximate surface area is 164 Å². The van der Waals surface area contributed by atoms with E-state index in [1.54, 1.807) is 6.26 Å². The Morgan fingerprint density at radius 1 is 1.04 bits per heavy atom. The van der Waals surface area contributed by atoms with Gasteiger partial charge in [0.15, 0.2) is 5.96 Å². The van der Waals surface area contributed by atoms with Crippen molar-refractivity contribution in [2.45, 2.75) is 13.0 Å². The maximum Gasteiger partial charge on any atom is 0.226 e. The van der Waals surface area contributed by atoms with Crippen LogP contribution in [0.3, 0.4) is 0 Å². The van der Waals surface area contributed by atoms with Crippen LogP contribution in [0.15, 0.2) is 76.3 Å². The monoisotopic (exact) mass is 448 g/mol. The summed E-state index contributed by atoms with van der Waals surface area (Å²) in [7, 11) is 0. The molecule has 0 fully saturated rings. The molecule has 0 saturated carbocycles. The molecule has 0 atom stereocenters. The molecule has 25 heavy (non-hydrogen) atoms. The minimum atomic E-state index is 0. The number of rotatable bonds is 6. The van der Waals surface area contributed by atoms with Gasteiger partial charge in [-0.1, -0.05) is 48.5 Å². The van der Waals surface area contributed by atoms with Crippen LogP contribution < -0.4 is 11.1 Å². The van der Waals surface area contributed by atoms with Gasteiger partial charge < -0.3 is 15.5 Å². The summed E-state index contributed by atoms with van der Waals surface area (Å²) in [5, 5.41) is 3.11. The molecule has 1 aromatic heterocycles. The third kappa shape index (κ3) is 5.90. The molecule has 3 N–H and O–H groups in total. The van der Waals surface area contributed by atoms with Gasteiger partial charge in [-0.05, 0) is 24.1 Å². The molecule has 1 heterocycles. The lowest BCUT2D eigenvalue weighted by molar-refractivity contribution is 0.572. The number of aromatic nitrogens is 1. The molecule has 3 rings (SSSR count). The number of nitrogens with one attached hydrogen (secondary N) is 1. The Morgan fingerprint density at radius 2 is 1.72 bits per heavy atom. The number of halogens is 1. The summed E-state index contributed by atoms with van der Waals surface area (Å²) in [6.45, 7) is 1.13. The predicted molar refractivity (Wildman–Crippen MR) is 111 cm³/mol. The fraction of sp³-hybridized carbons (Fsp3) is 0.158. The second kappa shape index (κ2) is 9.83. The van der Waals surface area contributed by atoms with Crippen LogP contribution in [0.25, 0.3) is 11.5 Å². The third-order valence-corrected chi connectivity index (χ3v) is 3.55. The molecule has 0 radical (unpaired) electrons. The van der Waals surface area contributed by atoms with E-state index in [-0.39, 0.29) is 24.0 Å². The summed E-state index contributed by atoms with van der Waals surface area (Å²) in [5.74, 6) is 1.01. The normalized spacial score (nSPS) is 11.0. The van der Waals surface area contributed by atoms with Crippen molar-refractivity contribution in [3.63, 3.8) is 0 Å². The van der Waals surface area contributed by atoms with E-state index in [0.29, 0.717) is 18.4 Å². The molecule has 0 aliphatic rings. The topological polar surface area (TPSA) is 76.4 Å². The highest BCUT2D eigenvalue weighted by Gasteiger charge is 2.05. The van der Waals surface area contributed by atoms with E-state index in [1.165, 1.54) is 5.56 Å². The van der Waals surface area contributed by atoms with Gasteiger partial charge in [0, 0.05) is 12.1 Å². The number of benzene rings is 2. The summed E-state index contributed by atoms with van der Waals surface area (Å²) in [6.07, 6.45) is 2.52. The Balaban J connectivity index is 0.00000225. The number of nitrogens with two attached hydrogens (primary N) is 1. The molecule has 0 bridgehead atoms. The number of nitrogens with zero attached hydrogens (tertiary/aromatic N) is 2. The van der Waals surface area contributed by atoms with E-state index >= 15 is 0 Å². The number of aliphatic imine (C=N–C) groups is 1. The molecule has 0 amide bonds. The first-order valence-electron chi connectivity index (χ1n) is 7.89. The molecule has 0 spiro atoms. The van der Waals surface area contributed by atoms with Crippen LogP contribution in [0, 0.1) is 0 Å². The lowest BCUT2D eigenvalue weighted by Gasteiger charge is -2.05. The van der Waals surface area contributed by atoms with Crippen molar-refractivity contribution in [3.8, 4) is 11.5 Å². The van der Waals surface area contributed by atoms with Crippen molar-refractivity contribution in [2.24, 2.45) is 10.7 Å². The molecule has 0 aliphatic heterocycles. The van der Waals surface area contributed by atoms with Gasteiger partial charge in [-0.25, -0.2) is 9.98 Å². The van der Waals surface area contributed by atoms with Gasteiger partial charge in [-0.2, -0.15) is 0 Å². The number of guanidine groups is 1. The SMILES string of the molecule is I.NC(=NCc1coc(-c2ccccc2)n1)NCCc1ccccc1. The maximum absolute atomic E-state index is 5.88. The van der Waals surface area contributed by atoms with Crippen LogP contribution in [-0.4, -0.2) is 17.5 Å². The van der Waals surface area contributed by atoms with E-state index in [2.05, 4.69) is 27.4 Å². The highest BCUT2D eigenvalue weighted by Crippen LogP contribution is 2.18. The number of hydrogen-bond acceptors (Lipinski definition) is 3. The van der Waals surface area contributed by atoms with E-state index in [1.807, 2.05) is 48.5 Å². The third-order valence-electron chi connectivity index (χ3n) is 3.55. The molecule has 0 aliphatic carbocycles. The molecular formula is C19H21IN4O. The van der Waals surface area contributed by atoms with Gasteiger partial charge in [0.2, 0.25) is 5.89 Å². The largest absolute Gasteiger partial charge is 0.444 e. The van der Waals surface area contributed by atoms with Crippen molar-refractivity contribution in [1.29, 1.82) is 0 Å². The summed E-state index contributed by atoms with van der Waals surface area (Å²) in [4.78, 5) is 8.72. The molecular weight excluding hydrogens is 427 g/mol. The lowest BCUT2D eigenvalue weighted by Crippen LogP contribution is -2.33. The Kier molecular flexibility index (Phi) is 7.46. The van der Waals surface area contributed by atoms with Gasteiger partial charge in [0.05, 0.1) is 6.54 Å². The zero-order valence-electron chi connectivity index (χ0n) is 13.8. The Bertz CT molecular complexity index is 787. The van der Waals surface area contributed by atoms with Crippen LogP contribution in [0.5, 0.6) is 0 Å². The highest BCUT2D eigenvalue weighted by molar-refractivity contribution is 14.0. The Hall–Kier alpha value is -2.35. The van der Waals surface area contributed by atoms with E-state index < -0.39 is 0 Å². The van der Waals surface area contributed by atoms with Crippen LogP contribution >= 0.6 is 24.0 Å². The van der Waals surface area contributed by atoms with Crippen LogP contribution in [-0.2, 0) is 13.0 Å². The van der Waals surface area contributed by atoms with Crippen molar-refractivity contribution < 1.29 is 4.42 Å². The van der Waals surface area contributed by atoms with Crippen molar-refractivity contribution in [2.75, 3.05) is 6.54 Å². The van der Waals surface area contributed by atoms with E-state index in [4.69, 9.17) is 10.2 Å². The molecule has 6 heteroatoms. The first-order valence-corrected chi connectivity index (χ1v) is 7.89. The highest BCUT2D eigenvalue weighted by atomic mass is 127. The van der Waals surface area contributed by atoms with E-state index in [0.717, 1.165) is 24.2 Å². The Morgan fingerprint density at radius 3 is 2.44 bits per heavy atom. The summed E-state index contributed by atoms with van der Waals surface area (Å²) >= 11 is 0. The second-order valence-electron chi connectivity index (χ2n) is 5.37. The molecule has 2 aromatic carbocycles. The van der Waals surface area contributed by atoms with Gasteiger partial charge in [0.1, 0.15) is 12.0 Å². The quantitative estimate of drug-likeness (QED) is 0.343. The average molecular weight is 448 g/mol. The molecule has 0 unspecified atom stereocenters. The van der Waals surface area contributed by atoms with Crippen molar-refractivity contribution in [1.82, 2.24) is 10.3 Å². The van der Waals surface area contributed by atoms with Crippen LogP contribution in [0.4, 0.5) is 0 Å². The van der Waals surface area contributed by atoms with Crippen molar-refractivity contribution >= 4 is 29.9 Å². The lowest BCUT2D eigenvalue weighted by atomic mass is 10.1. The number of hydrogen-bond donors (Lipinski definition) is 2. The van der Waals surface area contributed by atoms with Gasteiger partial charge in [-0.15, -0.1) is 24.0 Å². The zero-order chi connectivity index (χ0) is 16.6. The minimum Gasteiger partial charge on any atom is -0.444 e. The summed E-state index contributed by atoms with van der Waals surface area (Å²) < 4.78 is 5.48. The smallest absolute Gasteiger partial charge is 0.226 e. The zero-order valence-corrected chi connectivity index (χ0v) is 16.1. The maximum atomic E-state index is 5.88.